The fraction of sp³-hybridized carbons (Fsp3) is 0.417. The summed E-state index contributed by atoms with van der Waals surface area (Å²) in [4.78, 5) is 13.4. The molecule has 92 valence electrons. The zero-order valence-corrected chi connectivity index (χ0v) is 9.29. The highest BCUT2D eigenvalue weighted by molar-refractivity contribution is 5.94. The summed E-state index contributed by atoms with van der Waals surface area (Å²) in [6, 6.07) is 4.58. The first-order valence-electron chi connectivity index (χ1n) is 5.34. The van der Waals surface area contributed by atoms with Crippen molar-refractivity contribution in [1.29, 1.82) is 0 Å². The SMILES string of the molecule is CN(C(=O)c1ccc(C(F)(F)F)cc1)C1CC1. The van der Waals surface area contributed by atoms with Crippen molar-refractivity contribution in [2.24, 2.45) is 0 Å². The molecule has 0 saturated heterocycles. The van der Waals surface area contributed by atoms with Gasteiger partial charge < -0.3 is 4.90 Å². The molecule has 17 heavy (non-hydrogen) atoms. The Labute approximate surface area is 97.0 Å². The van der Waals surface area contributed by atoms with E-state index in [9.17, 15) is 18.0 Å². The lowest BCUT2D eigenvalue weighted by Crippen LogP contribution is -2.28. The smallest absolute Gasteiger partial charge is 0.339 e. The summed E-state index contributed by atoms with van der Waals surface area (Å²) in [5, 5.41) is 0. The van der Waals surface area contributed by atoms with Crippen molar-refractivity contribution in [2.45, 2.75) is 25.1 Å². The molecule has 1 amide bonds. The van der Waals surface area contributed by atoms with Crippen molar-refractivity contribution in [3.8, 4) is 0 Å². The van der Waals surface area contributed by atoms with E-state index in [1.165, 1.54) is 12.1 Å². The third-order valence-corrected chi connectivity index (χ3v) is 2.87. The number of hydrogen-bond acceptors (Lipinski definition) is 1. The maximum absolute atomic E-state index is 12.3. The fourth-order valence-electron chi connectivity index (χ4n) is 1.63. The van der Waals surface area contributed by atoms with Gasteiger partial charge in [0, 0.05) is 18.7 Å². The molecule has 0 aliphatic heterocycles. The first-order chi connectivity index (χ1) is 7.89. The van der Waals surface area contributed by atoms with Gasteiger partial charge in [0.2, 0.25) is 0 Å². The molecule has 0 N–H and O–H groups in total. The lowest BCUT2D eigenvalue weighted by molar-refractivity contribution is -0.137. The number of carbonyl (C=O) groups is 1. The van der Waals surface area contributed by atoms with Crippen molar-refractivity contribution >= 4 is 5.91 Å². The van der Waals surface area contributed by atoms with Crippen LogP contribution in [-0.2, 0) is 6.18 Å². The van der Waals surface area contributed by atoms with Gasteiger partial charge >= 0.3 is 6.18 Å². The molecule has 0 bridgehead atoms. The Bertz CT molecular complexity index is 420. The third-order valence-electron chi connectivity index (χ3n) is 2.87. The van der Waals surface area contributed by atoms with Crippen LogP contribution in [0, 0.1) is 0 Å². The Morgan fingerprint density at radius 2 is 1.76 bits per heavy atom. The van der Waals surface area contributed by atoms with Gasteiger partial charge in [0.15, 0.2) is 0 Å². The quantitative estimate of drug-likeness (QED) is 0.782. The molecule has 2 nitrogen and oxygen atoms in total. The van der Waals surface area contributed by atoms with Gasteiger partial charge in [-0.05, 0) is 37.1 Å². The number of halogens is 3. The monoisotopic (exact) mass is 243 g/mol. The molecule has 1 aromatic rings. The lowest BCUT2D eigenvalue weighted by atomic mass is 10.1. The van der Waals surface area contributed by atoms with E-state index >= 15 is 0 Å². The molecule has 0 heterocycles. The Kier molecular flexibility index (Phi) is 2.85. The fourth-order valence-corrected chi connectivity index (χ4v) is 1.63. The Morgan fingerprint density at radius 3 is 2.18 bits per heavy atom. The summed E-state index contributed by atoms with van der Waals surface area (Å²) >= 11 is 0. The van der Waals surface area contributed by atoms with Crippen LogP contribution in [0.5, 0.6) is 0 Å². The molecule has 0 atom stereocenters. The second kappa shape index (κ2) is 4.05. The molecule has 0 radical (unpaired) electrons. The minimum atomic E-state index is -4.36. The Balaban J connectivity index is 2.14. The average molecular weight is 243 g/mol. The third kappa shape index (κ3) is 2.60. The first kappa shape index (κ1) is 12.0. The number of nitrogens with zero attached hydrogens (tertiary/aromatic N) is 1. The number of hydrogen-bond donors (Lipinski definition) is 0. The average Bonchev–Trinajstić information content (AvgIpc) is 3.10. The minimum absolute atomic E-state index is 0.221. The number of amides is 1. The summed E-state index contributed by atoms with van der Waals surface area (Å²) in [5.41, 5.74) is -0.435. The molecule has 2 rings (SSSR count). The maximum atomic E-state index is 12.3. The first-order valence-corrected chi connectivity index (χ1v) is 5.34. The van der Waals surface area contributed by atoms with E-state index in [1.807, 2.05) is 0 Å². The van der Waals surface area contributed by atoms with Crippen LogP contribution in [-0.4, -0.2) is 23.9 Å². The largest absolute Gasteiger partial charge is 0.416 e. The highest BCUT2D eigenvalue weighted by Gasteiger charge is 2.32. The molecular formula is C12H12F3NO. The normalized spacial score (nSPS) is 15.8. The van der Waals surface area contributed by atoms with Gasteiger partial charge in [0.1, 0.15) is 0 Å². The molecule has 1 saturated carbocycles. The van der Waals surface area contributed by atoms with E-state index in [4.69, 9.17) is 0 Å². The van der Waals surface area contributed by atoms with Gasteiger partial charge in [-0.25, -0.2) is 0 Å². The van der Waals surface area contributed by atoms with Crippen LogP contribution < -0.4 is 0 Å². The van der Waals surface area contributed by atoms with Gasteiger partial charge in [0.25, 0.3) is 5.91 Å². The predicted octanol–water partition coefficient (Wildman–Crippen LogP) is 2.94. The van der Waals surface area contributed by atoms with Crippen LogP contribution in [0.15, 0.2) is 24.3 Å². The van der Waals surface area contributed by atoms with Gasteiger partial charge in [0.05, 0.1) is 5.56 Å². The van der Waals surface area contributed by atoms with Crippen LogP contribution >= 0.6 is 0 Å². The van der Waals surface area contributed by atoms with Crippen LogP contribution in [0.3, 0.4) is 0 Å². The molecule has 0 unspecified atom stereocenters. The predicted molar refractivity (Wildman–Crippen MR) is 56.6 cm³/mol. The summed E-state index contributed by atoms with van der Waals surface area (Å²) in [6.07, 6.45) is -2.41. The van der Waals surface area contributed by atoms with Crippen molar-refractivity contribution in [2.75, 3.05) is 7.05 Å². The van der Waals surface area contributed by atoms with Crippen LogP contribution in [0.2, 0.25) is 0 Å². The lowest BCUT2D eigenvalue weighted by Gasteiger charge is -2.16. The standard InChI is InChI=1S/C12H12F3NO/c1-16(10-6-7-10)11(17)8-2-4-9(5-3-8)12(13,14)15/h2-5,10H,6-7H2,1H3. The van der Waals surface area contributed by atoms with Crippen molar-refractivity contribution < 1.29 is 18.0 Å². The van der Waals surface area contributed by atoms with Crippen LogP contribution in [0.4, 0.5) is 13.2 Å². The Morgan fingerprint density at radius 1 is 1.24 bits per heavy atom. The molecule has 1 aromatic carbocycles. The molecule has 1 aliphatic rings. The van der Waals surface area contributed by atoms with E-state index in [0.717, 1.165) is 25.0 Å². The second-order valence-electron chi connectivity index (χ2n) is 4.22. The Hall–Kier alpha value is -1.52. The van der Waals surface area contributed by atoms with Crippen LogP contribution in [0.1, 0.15) is 28.8 Å². The van der Waals surface area contributed by atoms with E-state index < -0.39 is 11.7 Å². The maximum Gasteiger partial charge on any atom is 0.416 e. The second-order valence-corrected chi connectivity index (χ2v) is 4.22. The summed E-state index contributed by atoms with van der Waals surface area (Å²) < 4.78 is 37.0. The molecule has 5 heteroatoms. The van der Waals surface area contributed by atoms with E-state index in [2.05, 4.69) is 0 Å². The van der Waals surface area contributed by atoms with E-state index in [1.54, 1.807) is 11.9 Å². The zero-order chi connectivity index (χ0) is 12.6. The topological polar surface area (TPSA) is 20.3 Å². The van der Waals surface area contributed by atoms with Crippen molar-refractivity contribution in [3.05, 3.63) is 35.4 Å². The number of rotatable bonds is 2. The molecule has 1 fully saturated rings. The minimum Gasteiger partial charge on any atom is -0.339 e. The van der Waals surface area contributed by atoms with Crippen LogP contribution in [0.25, 0.3) is 0 Å². The van der Waals surface area contributed by atoms with Gasteiger partial charge in [-0.1, -0.05) is 0 Å². The van der Waals surface area contributed by atoms with Gasteiger partial charge in [-0.3, -0.25) is 4.79 Å². The summed E-state index contributed by atoms with van der Waals surface area (Å²) in [5.74, 6) is -0.221. The molecular weight excluding hydrogens is 231 g/mol. The molecule has 0 aromatic heterocycles. The number of alkyl halides is 3. The van der Waals surface area contributed by atoms with E-state index in [-0.39, 0.29) is 11.9 Å². The zero-order valence-electron chi connectivity index (χ0n) is 9.29. The highest BCUT2D eigenvalue weighted by atomic mass is 19.4. The summed E-state index contributed by atoms with van der Waals surface area (Å²) in [7, 11) is 1.68. The van der Waals surface area contributed by atoms with Gasteiger partial charge in [-0.15, -0.1) is 0 Å². The summed E-state index contributed by atoms with van der Waals surface area (Å²) in [6.45, 7) is 0. The molecule has 1 aliphatic carbocycles. The molecule has 0 spiro atoms. The highest BCUT2D eigenvalue weighted by Crippen LogP contribution is 2.30. The van der Waals surface area contributed by atoms with Crippen molar-refractivity contribution in [3.63, 3.8) is 0 Å². The van der Waals surface area contributed by atoms with Gasteiger partial charge in [-0.2, -0.15) is 13.2 Å². The van der Waals surface area contributed by atoms with Crippen molar-refractivity contribution in [1.82, 2.24) is 4.90 Å². The number of benzene rings is 1. The number of carbonyl (C=O) groups excluding carboxylic acids is 1. The van der Waals surface area contributed by atoms with E-state index in [0.29, 0.717) is 5.56 Å².